The molecule has 1 unspecified atom stereocenters. The lowest BCUT2D eigenvalue weighted by atomic mass is 10.0. The highest BCUT2D eigenvalue weighted by Gasteiger charge is 2.16. The van der Waals surface area contributed by atoms with Crippen molar-refractivity contribution in [3.63, 3.8) is 0 Å². The van der Waals surface area contributed by atoms with Crippen LogP contribution < -0.4 is 5.32 Å². The van der Waals surface area contributed by atoms with E-state index in [9.17, 15) is 4.79 Å². The maximum Gasteiger partial charge on any atom is 0.303 e. The van der Waals surface area contributed by atoms with Gasteiger partial charge in [-0.05, 0) is 19.4 Å². The van der Waals surface area contributed by atoms with E-state index in [0.717, 1.165) is 19.4 Å². The molecule has 2 N–H and O–H groups in total. The number of carbonyl (C=O) groups is 1. The maximum absolute atomic E-state index is 10.4. The number of rotatable bonds is 5. The number of nitrogens with one attached hydrogen (secondary N) is 1. The Morgan fingerprint density at radius 2 is 2.47 bits per heavy atom. The first-order chi connectivity index (χ1) is 8.24. The summed E-state index contributed by atoms with van der Waals surface area (Å²) in [5.74, 6) is 0.569. The summed E-state index contributed by atoms with van der Waals surface area (Å²) in [6.07, 6.45) is 6.61. The fourth-order valence-electron chi connectivity index (χ4n) is 2.10. The second kappa shape index (κ2) is 5.82. The number of hydrogen-bond acceptors (Lipinski definition) is 4. The predicted molar refractivity (Wildman–Crippen MR) is 61.8 cm³/mol. The van der Waals surface area contributed by atoms with Crippen LogP contribution in [0.25, 0.3) is 0 Å². The van der Waals surface area contributed by atoms with Gasteiger partial charge >= 0.3 is 5.97 Å². The van der Waals surface area contributed by atoms with E-state index >= 15 is 0 Å². The van der Waals surface area contributed by atoms with Crippen LogP contribution >= 0.6 is 0 Å². The molecule has 1 aliphatic rings. The zero-order valence-electron chi connectivity index (χ0n) is 9.82. The number of aromatic nitrogens is 1. The average molecular weight is 238 g/mol. The Balaban J connectivity index is 1.82. The summed E-state index contributed by atoms with van der Waals surface area (Å²) in [5, 5.41) is 12.0. The first-order valence-electron chi connectivity index (χ1n) is 6.13. The monoisotopic (exact) mass is 238 g/mol. The molecule has 0 saturated carbocycles. The van der Waals surface area contributed by atoms with Crippen LogP contribution in [0.1, 0.15) is 37.3 Å². The third-order valence-corrected chi connectivity index (χ3v) is 3.02. The van der Waals surface area contributed by atoms with Crippen LogP contribution in [0.5, 0.6) is 0 Å². The quantitative estimate of drug-likeness (QED) is 0.810. The molecule has 1 aliphatic heterocycles. The summed E-state index contributed by atoms with van der Waals surface area (Å²) >= 11 is 0. The molecule has 17 heavy (non-hydrogen) atoms. The van der Waals surface area contributed by atoms with Gasteiger partial charge in [-0.1, -0.05) is 6.42 Å². The lowest BCUT2D eigenvalue weighted by Gasteiger charge is -2.21. The molecule has 0 radical (unpaired) electrons. The Labute approximate surface area is 100 Å². The average Bonchev–Trinajstić information content (AvgIpc) is 2.75. The van der Waals surface area contributed by atoms with Crippen molar-refractivity contribution in [1.82, 2.24) is 10.3 Å². The Kier molecular flexibility index (Phi) is 4.14. The number of nitrogens with zero attached hydrogens (tertiary/aromatic N) is 1. The predicted octanol–water partition coefficient (Wildman–Crippen LogP) is 1.38. The highest BCUT2D eigenvalue weighted by Crippen LogP contribution is 2.13. The second-order valence-corrected chi connectivity index (χ2v) is 4.47. The molecule has 1 atom stereocenters. The summed E-state index contributed by atoms with van der Waals surface area (Å²) in [6, 6.07) is 0.453. The molecule has 5 nitrogen and oxygen atoms in total. The number of piperidine rings is 1. The number of carboxylic acid groups (broad SMARTS) is 1. The third-order valence-electron chi connectivity index (χ3n) is 3.02. The molecule has 0 bridgehead atoms. The van der Waals surface area contributed by atoms with Crippen molar-refractivity contribution in [2.45, 2.75) is 44.6 Å². The van der Waals surface area contributed by atoms with Gasteiger partial charge in [-0.15, -0.1) is 0 Å². The molecule has 1 aromatic heterocycles. The first kappa shape index (κ1) is 12.1. The summed E-state index contributed by atoms with van der Waals surface area (Å²) < 4.78 is 5.52. The van der Waals surface area contributed by atoms with Gasteiger partial charge in [0, 0.05) is 18.9 Å². The molecular weight excluding hydrogens is 220 g/mol. The lowest BCUT2D eigenvalue weighted by molar-refractivity contribution is -0.137. The summed E-state index contributed by atoms with van der Waals surface area (Å²) in [7, 11) is 0. The van der Waals surface area contributed by atoms with Gasteiger partial charge in [-0.2, -0.15) is 0 Å². The highest BCUT2D eigenvalue weighted by atomic mass is 16.4. The summed E-state index contributed by atoms with van der Waals surface area (Å²) in [6.45, 7) is 1.07. The molecule has 1 fully saturated rings. The minimum Gasteiger partial charge on any atom is -0.481 e. The van der Waals surface area contributed by atoms with Crippen LogP contribution in [-0.2, 0) is 17.6 Å². The molecule has 1 aromatic rings. The van der Waals surface area contributed by atoms with Gasteiger partial charge in [0.05, 0.1) is 12.6 Å². The van der Waals surface area contributed by atoms with Crippen LogP contribution in [0.15, 0.2) is 10.6 Å². The molecule has 0 amide bonds. The third kappa shape index (κ3) is 3.85. The topological polar surface area (TPSA) is 75.4 Å². The molecule has 2 heterocycles. The fraction of sp³-hybridized carbons (Fsp3) is 0.667. The number of hydrogen-bond donors (Lipinski definition) is 2. The van der Waals surface area contributed by atoms with E-state index in [-0.39, 0.29) is 6.42 Å². The fourth-order valence-corrected chi connectivity index (χ4v) is 2.10. The van der Waals surface area contributed by atoms with Crippen LogP contribution in [0.2, 0.25) is 0 Å². The molecule has 0 aliphatic carbocycles. The van der Waals surface area contributed by atoms with Gasteiger partial charge in [0.25, 0.3) is 0 Å². The van der Waals surface area contributed by atoms with Crippen molar-refractivity contribution in [2.75, 3.05) is 6.54 Å². The molecule has 94 valence electrons. The SMILES string of the molecule is O=C(O)CCc1cnc(CC2CCCCN2)o1. The smallest absolute Gasteiger partial charge is 0.303 e. The molecule has 0 aromatic carbocycles. The standard InChI is InChI=1S/C12H18N2O3/c15-12(16)5-4-10-8-14-11(17-10)7-9-3-1-2-6-13-9/h8-9,13H,1-7H2,(H,15,16). The van der Waals surface area contributed by atoms with Crippen LogP contribution in [0.3, 0.4) is 0 Å². The van der Waals surface area contributed by atoms with Crippen molar-refractivity contribution in [1.29, 1.82) is 0 Å². The van der Waals surface area contributed by atoms with Gasteiger partial charge in [0.2, 0.25) is 0 Å². The number of oxazole rings is 1. The number of aliphatic carboxylic acids is 1. The molecule has 2 rings (SSSR count). The van der Waals surface area contributed by atoms with Gasteiger partial charge < -0.3 is 14.8 Å². The van der Waals surface area contributed by atoms with Crippen molar-refractivity contribution in [3.8, 4) is 0 Å². The number of aryl methyl sites for hydroxylation is 1. The Morgan fingerprint density at radius 3 is 3.18 bits per heavy atom. The zero-order valence-corrected chi connectivity index (χ0v) is 9.82. The van der Waals surface area contributed by atoms with Gasteiger partial charge in [0.15, 0.2) is 5.89 Å². The van der Waals surface area contributed by atoms with Crippen molar-refractivity contribution < 1.29 is 14.3 Å². The zero-order chi connectivity index (χ0) is 12.1. The van der Waals surface area contributed by atoms with Crippen LogP contribution in [-0.4, -0.2) is 28.6 Å². The van der Waals surface area contributed by atoms with Crippen molar-refractivity contribution >= 4 is 5.97 Å². The highest BCUT2D eigenvalue weighted by molar-refractivity contribution is 5.66. The molecule has 0 spiro atoms. The minimum absolute atomic E-state index is 0.0936. The van der Waals surface area contributed by atoms with E-state index in [0.29, 0.717) is 24.1 Å². The minimum atomic E-state index is -0.808. The maximum atomic E-state index is 10.4. The van der Waals surface area contributed by atoms with E-state index in [2.05, 4.69) is 10.3 Å². The number of carboxylic acids is 1. The summed E-state index contributed by atoms with van der Waals surface area (Å²) in [5.41, 5.74) is 0. The van der Waals surface area contributed by atoms with Crippen LogP contribution in [0, 0.1) is 0 Å². The Hall–Kier alpha value is -1.36. The molecular formula is C12H18N2O3. The Morgan fingerprint density at radius 1 is 1.59 bits per heavy atom. The normalized spacial score (nSPS) is 20.4. The van der Waals surface area contributed by atoms with Crippen molar-refractivity contribution in [2.24, 2.45) is 0 Å². The van der Waals surface area contributed by atoms with Gasteiger partial charge in [-0.3, -0.25) is 4.79 Å². The summed E-state index contributed by atoms with van der Waals surface area (Å²) in [4.78, 5) is 14.6. The van der Waals surface area contributed by atoms with E-state index in [1.54, 1.807) is 6.20 Å². The van der Waals surface area contributed by atoms with E-state index in [1.807, 2.05) is 0 Å². The molecule has 1 saturated heterocycles. The van der Waals surface area contributed by atoms with Crippen LogP contribution in [0.4, 0.5) is 0 Å². The largest absolute Gasteiger partial charge is 0.481 e. The van der Waals surface area contributed by atoms with Gasteiger partial charge in [-0.25, -0.2) is 4.98 Å². The first-order valence-corrected chi connectivity index (χ1v) is 6.13. The second-order valence-electron chi connectivity index (χ2n) is 4.47. The van der Waals surface area contributed by atoms with Crippen molar-refractivity contribution in [3.05, 3.63) is 17.8 Å². The Bertz CT molecular complexity index is 370. The molecule has 5 heteroatoms. The van der Waals surface area contributed by atoms with E-state index in [1.165, 1.54) is 12.8 Å². The van der Waals surface area contributed by atoms with E-state index < -0.39 is 5.97 Å². The lowest BCUT2D eigenvalue weighted by Crippen LogP contribution is -2.35. The van der Waals surface area contributed by atoms with Gasteiger partial charge in [0.1, 0.15) is 5.76 Å². The van der Waals surface area contributed by atoms with E-state index in [4.69, 9.17) is 9.52 Å².